The van der Waals surface area contributed by atoms with Crippen molar-refractivity contribution in [3.8, 4) is 17.0 Å². The Bertz CT molecular complexity index is 1470. The predicted octanol–water partition coefficient (Wildman–Crippen LogP) is 6.03. The summed E-state index contributed by atoms with van der Waals surface area (Å²) in [6, 6.07) is 20.2. The van der Waals surface area contributed by atoms with Crippen molar-refractivity contribution in [2.75, 3.05) is 29.6 Å². The Kier molecular flexibility index (Phi) is 8.73. The van der Waals surface area contributed by atoms with Gasteiger partial charge in [0.05, 0.1) is 36.9 Å². The van der Waals surface area contributed by atoms with E-state index in [9.17, 15) is 9.59 Å². The van der Waals surface area contributed by atoms with Crippen LogP contribution in [0.4, 0.5) is 22.0 Å². The topological polar surface area (TPSA) is 117 Å². The number of benzene rings is 3. The van der Waals surface area contributed by atoms with Gasteiger partial charge in [-0.2, -0.15) is 0 Å². The van der Waals surface area contributed by atoms with E-state index in [0.717, 1.165) is 16.7 Å². The van der Waals surface area contributed by atoms with Crippen LogP contribution >= 0.6 is 0 Å². The predicted molar refractivity (Wildman–Crippen MR) is 154 cm³/mol. The maximum atomic E-state index is 12.7. The number of rotatable bonds is 9. The molecule has 0 spiro atoms. The number of hydrogen-bond donors (Lipinski definition) is 4. The number of ether oxygens (including phenoxy) is 1. The average molecular weight is 525 g/mol. The van der Waals surface area contributed by atoms with Crippen LogP contribution in [0.2, 0.25) is 0 Å². The molecule has 1 aromatic heterocycles. The smallest absolute Gasteiger partial charge is 0.319 e. The molecule has 9 nitrogen and oxygen atoms in total. The van der Waals surface area contributed by atoms with Crippen molar-refractivity contribution >= 4 is 29.1 Å². The van der Waals surface area contributed by atoms with E-state index >= 15 is 0 Å². The van der Waals surface area contributed by atoms with Crippen LogP contribution in [0.15, 0.2) is 79.1 Å². The number of aryl methyl sites for hydroxylation is 1. The molecular weight excluding hydrogens is 492 g/mol. The van der Waals surface area contributed by atoms with Crippen LogP contribution in [0.25, 0.3) is 11.3 Å². The fourth-order valence-corrected chi connectivity index (χ4v) is 4.04. The van der Waals surface area contributed by atoms with Gasteiger partial charge in [-0.1, -0.05) is 35.9 Å². The first-order valence-corrected chi connectivity index (χ1v) is 12.7. The van der Waals surface area contributed by atoms with Crippen molar-refractivity contribution in [3.05, 3.63) is 95.8 Å². The fraction of sp³-hybridized carbons (Fsp3) is 0.200. The van der Waals surface area contributed by atoms with Gasteiger partial charge < -0.3 is 26.0 Å². The van der Waals surface area contributed by atoms with E-state index in [0.29, 0.717) is 40.7 Å². The van der Waals surface area contributed by atoms with Gasteiger partial charge in [-0.3, -0.25) is 9.78 Å². The van der Waals surface area contributed by atoms with Crippen molar-refractivity contribution in [2.45, 2.75) is 26.8 Å². The van der Waals surface area contributed by atoms with Crippen molar-refractivity contribution < 1.29 is 14.3 Å². The summed E-state index contributed by atoms with van der Waals surface area (Å²) in [7, 11) is 1.55. The number of aromatic nitrogens is 2. The maximum absolute atomic E-state index is 12.7. The third kappa shape index (κ3) is 7.10. The Morgan fingerprint density at radius 3 is 2.56 bits per heavy atom. The van der Waals surface area contributed by atoms with E-state index in [1.807, 2.05) is 69.3 Å². The minimum Gasteiger partial charge on any atom is -0.495 e. The zero-order chi connectivity index (χ0) is 27.8. The number of nitrogens with zero attached hydrogens (tertiary/aromatic N) is 2. The van der Waals surface area contributed by atoms with Gasteiger partial charge in [0.25, 0.3) is 5.91 Å². The van der Waals surface area contributed by atoms with Crippen molar-refractivity contribution in [3.63, 3.8) is 0 Å². The summed E-state index contributed by atoms with van der Waals surface area (Å²) in [5.74, 6) is 0.951. The molecular formula is C30H32N6O3. The van der Waals surface area contributed by atoms with E-state index in [-0.39, 0.29) is 18.0 Å². The molecule has 200 valence electrons. The third-order valence-electron chi connectivity index (χ3n) is 6.01. The SMILES string of the molecule is CCNC(=O)Nc1ccc(-c2cncc(N[C@@H](C)c3cccc(NC(=O)c4cccc(C)c4)c3)n2)cc1OC. The molecule has 0 aliphatic carbocycles. The van der Waals surface area contributed by atoms with Gasteiger partial charge in [0.15, 0.2) is 0 Å². The normalized spacial score (nSPS) is 11.3. The van der Waals surface area contributed by atoms with Gasteiger partial charge in [0, 0.05) is 23.4 Å². The van der Waals surface area contributed by atoms with Gasteiger partial charge in [-0.05, 0) is 62.7 Å². The summed E-state index contributed by atoms with van der Waals surface area (Å²) in [6.07, 6.45) is 3.33. The molecule has 0 bridgehead atoms. The van der Waals surface area contributed by atoms with Crippen LogP contribution < -0.4 is 26.0 Å². The lowest BCUT2D eigenvalue weighted by molar-refractivity contribution is 0.102. The Balaban J connectivity index is 1.47. The molecule has 0 radical (unpaired) electrons. The fourth-order valence-electron chi connectivity index (χ4n) is 4.04. The Morgan fingerprint density at radius 1 is 0.974 bits per heavy atom. The minimum absolute atomic E-state index is 0.108. The first kappa shape index (κ1) is 27.1. The standard InChI is InChI=1S/C30H32N6O3/c1-5-32-30(38)36-25-13-12-22(16-27(25)39-4)26-17-31-18-28(35-26)33-20(3)21-9-7-11-24(15-21)34-29(37)23-10-6-8-19(2)14-23/h6-18,20H,5H2,1-4H3,(H,33,35)(H,34,37)(H2,32,36,38)/t20-/m0/s1. The summed E-state index contributed by atoms with van der Waals surface area (Å²) in [4.78, 5) is 33.7. The lowest BCUT2D eigenvalue weighted by Gasteiger charge is -2.17. The van der Waals surface area contributed by atoms with Crippen LogP contribution in [0.5, 0.6) is 5.75 Å². The first-order chi connectivity index (χ1) is 18.9. The average Bonchev–Trinajstić information content (AvgIpc) is 2.93. The summed E-state index contributed by atoms with van der Waals surface area (Å²) in [5, 5.41) is 11.8. The molecule has 0 aliphatic rings. The van der Waals surface area contributed by atoms with E-state index in [1.165, 1.54) is 0 Å². The molecule has 0 fully saturated rings. The number of carbonyl (C=O) groups excluding carboxylic acids is 2. The summed E-state index contributed by atoms with van der Waals surface area (Å²) >= 11 is 0. The summed E-state index contributed by atoms with van der Waals surface area (Å²) < 4.78 is 5.48. The number of methoxy groups -OCH3 is 1. The number of hydrogen-bond acceptors (Lipinski definition) is 6. The van der Waals surface area contributed by atoms with E-state index in [4.69, 9.17) is 9.72 Å². The van der Waals surface area contributed by atoms with E-state index < -0.39 is 0 Å². The zero-order valence-corrected chi connectivity index (χ0v) is 22.4. The molecule has 1 heterocycles. The number of nitrogens with one attached hydrogen (secondary N) is 4. The second-order valence-electron chi connectivity index (χ2n) is 9.00. The van der Waals surface area contributed by atoms with Crippen LogP contribution in [0.1, 0.15) is 41.4 Å². The summed E-state index contributed by atoms with van der Waals surface area (Å²) in [6.45, 7) is 6.34. The molecule has 0 unspecified atom stereocenters. The molecule has 0 aliphatic heterocycles. The molecule has 39 heavy (non-hydrogen) atoms. The second kappa shape index (κ2) is 12.6. The minimum atomic E-state index is -0.303. The highest BCUT2D eigenvalue weighted by Crippen LogP contribution is 2.30. The van der Waals surface area contributed by atoms with Crippen LogP contribution in [-0.4, -0.2) is 35.6 Å². The molecule has 3 aromatic carbocycles. The number of carbonyl (C=O) groups is 2. The van der Waals surface area contributed by atoms with Crippen LogP contribution in [0, 0.1) is 6.92 Å². The Hall–Kier alpha value is -4.92. The number of anilines is 3. The molecule has 3 amide bonds. The largest absolute Gasteiger partial charge is 0.495 e. The monoisotopic (exact) mass is 524 g/mol. The molecule has 1 atom stereocenters. The van der Waals surface area contributed by atoms with Gasteiger partial charge in [0.1, 0.15) is 11.6 Å². The van der Waals surface area contributed by atoms with Crippen molar-refractivity contribution in [2.24, 2.45) is 0 Å². The lowest BCUT2D eigenvalue weighted by atomic mass is 10.1. The molecule has 4 N–H and O–H groups in total. The highest BCUT2D eigenvalue weighted by molar-refractivity contribution is 6.04. The molecule has 0 saturated heterocycles. The number of amides is 3. The maximum Gasteiger partial charge on any atom is 0.319 e. The van der Waals surface area contributed by atoms with Gasteiger partial charge in [0.2, 0.25) is 0 Å². The highest BCUT2D eigenvalue weighted by Gasteiger charge is 2.13. The number of urea groups is 1. The molecule has 0 saturated carbocycles. The van der Waals surface area contributed by atoms with Gasteiger partial charge >= 0.3 is 6.03 Å². The highest BCUT2D eigenvalue weighted by atomic mass is 16.5. The second-order valence-corrected chi connectivity index (χ2v) is 9.00. The van der Waals surface area contributed by atoms with Gasteiger partial charge in [-0.25, -0.2) is 9.78 Å². The van der Waals surface area contributed by atoms with Crippen molar-refractivity contribution in [1.82, 2.24) is 15.3 Å². The molecule has 4 rings (SSSR count). The Labute approximate surface area is 228 Å². The zero-order valence-electron chi connectivity index (χ0n) is 22.4. The molecule has 4 aromatic rings. The van der Waals surface area contributed by atoms with Crippen LogP contribution in [0.3, 0.4) is 0 Å². The third-order valence-corrected chi connectivity index (χ3v) is 6.01. The first-order valence-electron chi connectivity index (χ1n) is 12.7. The van der Waals surface area contributed by atoms with Crippen LogP contribution in [-0.2, 0) is 0 Å². The van der Waals surface area contributed by atoms with Crippen molar-refractivity contribution in [1.29, 1.82) is 0 Å². The lowest BCUT2D eigenvalue weighted by Crippen LogP contribution is -2.28. The van der Waals surface area contributed by atoms with E-state index in [1.54, 1.807) is 37.7 Å². The summed E-state index contributed by atoms with van der Waals surface area (Å²) in [5.41, 5.74) is 5.32. The van der Waals surface area contributed by atoms with E-state index in [2.05, 4.69) is 26.3 Å². The quantitative estimate of drug-likeness (QED) is 0.212. The molecule has 9 heteroatoms. The Morgan fingerprint density at radius 2 is 1.79 bits per heavy atom. The van der Waals surface area contributed by atoms with Gasteiger partial charge in [-0.15, -0.1) is 0 Å².